The summed E-state index contributed by atoms with van der Waals surface area (Å²) < 4.78 is 13.5. The normalized spacial score (nSPS) is 15.9. The van der Waals surface area contributed by atoms with E-state index in [1.165, 1.54) is 11.3 Å². The smallest absolute Gasteiger partial charge is 0.408 e. The molecule has 4 rings (SSSR count). The fourth-order valence-electron chi connectivity index (χ4n) is 6.33. The average Bonchev–Trinajstić information content (AvgIpc) is 3.68. The third kappa shape index (κ3) is 9.73. The number of aliphatic hydroxyl groups is 1. The number of aromatic nitrogens is 2. The summed E-state index contributed by atoms with van der Waals surface area (Å²) in [6.45, 7) is 21.7. The number of amides is 2. The molecule has 1 fully saturated rings. The lowest BCUT2D eigenvalue weighted by Gasteiger charge is -2.31. The molecule has 1 aliphatic heterocycles. The van der Waals surface area contributed by atoms with Crippen molar-refractivity contribution in [2.75, 3.05) is 26.8 Å². The molecule has 2 aromatic heterocycles. The number of hydrazine groups is 1. The second kappa shape index (κ2) is 17.1. The van der Waals surface area contributed by atoms with E-state index in [1.807, 2.05) is 25.3 Å². The first-order chi connectivity index (χ1) is 24.2. The highest BCUT2D eigenvalue weighted by Gasteiger charge is 2.31. The number of hydrogen-bond donors (Lipinski definition) is 3. The van der Waals surface area contributed by atoms with Crippen molar-refractivity contribution in [3.63, 3.8) is 0 Å². The maximum absolute atomic E-state index is 13.6. The number of carbonyl (C=O) groups excluding carboxylic acids is 2. The highest BCUT2D eigenvalue weighted by molar-refractivity contribution is 7.10. The molecule has 12 heteroatoms. The number of fused-ring (bicyclic) bond motifs is 1. The van der Waals surface area contributed by atoms with Gasteiger partial charge in [-0.3, -0.25) is 14.8 Å². The van der Waals surface area contributed by atoms with Gasteiger partial charge in [0.05, 0.1) is 28.2 Å². The van der Waals surface area contributed by atoms with Crippen LogP contribution in [0, 0.1) is 5.41 Å². The molecule has 2 atom stereocenters. The maximum Gasteiger partial charge on any atom is 0.408 e. The quantitative estimate of drug-likeness (QED) is 0.122. The van der Waals surface area contributed by atoms with Crippen LogP contribution >= 0.6 is 11.3 Å². The second-order valence-electron chi connectivity index (χ2n) is 14.7. The molecule has 0 saturated carbocycles. The van der Waals surface area contributed by atoms with Gasteiger partial charge in [0.2, 0.25) is 0 Å². The van der Waals surface area contributed by atoms with Crippen LogP contribution in [0.5, 0.6) is 0 Å². The van der Waals surface area contributed by atoms with Crippen molar-refractivity contribution in [1.29, 1.82) is 0 Å². The lowest BCUT2D eigenvalue weighted by Crippen LogP contribution is -2.56. The molecule has 1 saturated heterocycles. The van der Waals surface area contributed by atoms with Crippen molar-refractivity contribution >= 4 is 46.0 Å². The SMILES string of the molecule is C=C/C(=C(\N=C/C)[C@H](C)OC)c1c(CC(C)(C)CO)c2cc(-c3csc(C[C@H](NC(=O)OC(C)(C)C)C(=O)N4CCCCN4)n3)ccc2n1CC. The Balaban J connectivity index is 1.80. The van der Waals surface area contributed by atoms with Gasteiger partial charge in [-0.25, -0.2) is 15.2 Å². The number of allylic oxidation sites excluding steroid dienone is 2. The Kier molecular flexibility index (Phi) is 13.4. The number of aliphatic hydroxyl groups excluding tert-OH is 1. The standard InChI is InChI=1S/C39H56N6O5S/c1-11-27(34(40-12-2)25(4)49-10)35-29(22-39(8,9)24-46)28-20-26(16-17-32(28)44(35)13-3)31-23-51-33(42-31)21-30(43-37(48)50-38(5,6)7)36(47)45-19-15-14-18-41-45/h11-12,16-17,20,23,25,30,41,46H,1,13-15,18-19,21-22,24H2,2-10H3,(H,43,48)/b34-27+,40-12-/t25-,30-/m0/s1. The number of thiazole rings is 1. The van der Waals surface area contributed by atoms with Crippen molar-refractivity contribution in [3.8, 4) is 11.3 Å². The van der Waals surface area contributed by atoms with Gasteiger partial charge in [0.25, 0.3) is 5.91 Å². The Labute approximate surface area is 306 Å². The third-order valence-electron chi connectivity index (χ3n) is 8.90. The number of methoxy groups -OCH3 is 1. The Morgan fingerprint density at radius 1 is 1.24 bits per heavy atom. The number of hydrogen-bond acceptors (Lipinski definition) is 9. The number of nitrogens with zero attached hydrogens (tertiary/aromatic N) is 4. The minimum Gasteiger partial charge on any atom is -0.444 e. The van der Waals surface area contributed by atoms with Gasteiger partial charge >= 0.3 is 6.09 Å². The predicted molar refractivity (Wildman–Crippen MR) is 207 cm³/mol. The molecule has 278 valence electrons. The summed E-state index contributed by atoms with van der Waals surface area (Å²) in [6, 6.07) is 5.50. The van der Waals surface area contributed by atoms with Crippen LogP contribution < -0.4 is 10.7 Å². The third-order valence-corrected chi connectivity index (χ3v) is 9.77. The van der Waals surface area contributed by atoms with Gasteiger partial charge in [0.15, 0.2) is 0 Å². The number of aliphatic imine (C=N–C) groups is 1. The number of aryl methyl sites for hydroxylation is 1. The molecule has 1 aliphatic rings. The van der Waals surface area contributed by atoms with E-state index in [9.17, 15) is 14.7 Å². The van der Waals surface area contributed by atoms with Crippen LogP contribution in [0.1, 0.15) is 84.5 Å². The fourth-order valence-corrected chi connectivity index (χ4v) is 7.18. The Morgan fingerprint density at radius 2 is 1.98 bits per heavy atom. The van der Waals surface area contributed by atoms with E-state index < -0.39 is 23.2 Å². The van der Waals surface area contributed by atoms with Gasteiger partial charge in [-0.05, 0) is 83.9 Å². The molecule has 3 heterocycles. The number of carbonyl (C=O) groups is 2. The van der Waals surface area contributed by atoms with Crippen LogP contribution in [0.3, 0.4) is 0 Å². The van der Waals surface area contributed by atoms with Gasteiger partial charge < -0.3 is 24.5 Å². The molecule has 0 bridgehead atoms. The van der Waals surface area contributed by atoms with Crippen LogP contribution in [0.2, 0.25) is 0 Å². The molecule has 11 nitrogen and oxygen atoms in total. The van der Waals surface area contributed by atoms with E-state index >= 15 is 0 Å². The summed E-state index contributed by atoms with van der Waals surface area (Å²) in [6.07, 6.45) is 5.42. The lowest BCUT2D eigenvalue weighted by molar-refractivity contribution is -0.137. The number of benzene rings is 1. The Bertz CT molecular complexity index is 1760. The van der Waals surface area contributed by atoms with Crippen molar-refractivity contribution in [2.24, 2.45) is 10.4 Å². The first-order valence-corrected chi connectivity index (χ1v) is 18.7. The highest BCUT2D eigenvalue weighted by atomic mass is 32.1. The Morgan fingerprint density at radius 3 is 2.57 bits per heavy atom. The minimum atomic E-state index is -0.848. The van der Waals surface area contributed by atoms with Crippen LogP contribution in [0.4, 0.5) is 4.79 Å². The summed E-state index contributed by atoms with van der Waals surface area (Å²) in [5, 5.41) is 18.5. The summed E-state index contributed by atoms with van der Waals surface area (Å²) in [7, 11) is 1.67. The van der Waals surface area contributed by atoms with E-state index in [0.717, 1.165) is 62.5 Å². The molecular formula is C39H56N6O5S. The first-order valence-electron chi connectivity index (χ1n) is 17.8. The average molecular weight is 721 g/mol. The molecule has 3 N–H and O–H groups in total. The van der Waals surface area contributed by atoms with Gasteiger partial charge in [-0.15, -0.1) is 11.3 Å². The number of nitrogens with one attached hydrogen (secondary N) is 2. The molecule has 0 aliphatic carbocycles. The Hall–Kier alpha value is -3.84. The number of rotatable bonds is 14. The fraction of sp³-hybridized carbons (Fsp3) is 0.538. The van der Waals surface area contributed by atoms with Crippen molar-refractivity contribution in [2.45, 2.75) is 105 Å². The minimum absolute atomic E-state index is 0.0200. The van der Waals surface area contributed by atoms with E-state index in [4.69, 9.17) is 19.5 Å². The summed E-state index contributed by atoms with van der Waals surface area (Å²) in [5.74, 6) is -0.219. The molecule has 3 aromatic rings. The van der Waals surface area contributed by atoms with E-state index in [2.05, 4.69) is 60.9 Å². The molecular weight excluding hydrogens is 665 g/mol. The first kappa shape index (κ1) is 39.9. The van der Waals surface area contributed by atoms with Crippen molar-refractivity contribution in [3.05, 3.63) is 58.2 Å². The molecule has 0 radical (unpaired) electrons. The maximum atomic E-state index is 13.6. The molecule has 2 amide bonds. The van der Waals surface area contributed by atoms with Gasteiger partial charge in [-0.1, -0.05) is 32.6 Å². The summed E-state index contributed by atoms with van der Waals surface area (Å²) in [5.41, 5.74) is 8.58. The molecule has 0 spiro atoms. The topological polar surface area (TPSA) is 130 Å². The summed E-state index contributed by atoms with van der Waals surface area (Å²) >= 11 is 1.45. The van der Waals surface area contributed by atoms with Crippen LogP contribution in [-0.2, 0) is 33.7 Å². The monoisotopic (exact) mass is 720 g/mol. The predicted octanol–water partition coefficient (Wildman–Crippen LogP) is 6.93. The zero-order chi connectivity index (χ0) is 37.5. The zero-order valence-electron chi connectivity index (χ0n) is 31.8. The second-order valence-corrected chi connectivity index (χ2v) is 15.6. The van der Waals surface area contributed by atoms with Gasteiger partial charge in [0.1, 0.15) is 11.6 Å². The molecule has 0 unspecified atom stereocenters. The summed E-state index contributed by atoms with van der Waals surface area (Å²) in [4.78, 5) is 36.2. The number of ether oxygens (including phenoxy) is 2. The van der Waals surface area contributed by atoms with Crippen molar-refractivity contribution in [1.82, 2.24) is 25.3 Å². The van der Waals surface area contributed by atoms with Crippen molar-refractivity contribution < 1.29 is 24.2 Å². The van der Waals surface area contributed by atoms with E-state index in [1.54, 1.807) is 39.1 Å². The van der Waals surface area contributed by atoms with Gasteiger partial charge in [0, 0.05) is 73.4 Å². The largest absolute Gasteiger partial charge is 0.444 e. The highest BCUT2D eigenvalue weighted by Crippen LogP contribution is 2.40. The lowest BCUT2D eigenvalue weighted by atomic mass is 9.84. The van der Waals surface area contributed by atoms with Gasteiger partial charge in [-0.2, -0.15) is 0 Å². The van der Waals surface area contributed by atoms with E-state index in [0.29, 0.717) is 26.1 Å². The van der Waals surface area contributed by atoms with Crippen LogP contribution in [0.15, 0.2) is 46.9 Å². The van der Waals surface area contributed by atoms with Crippen LogP contribution in [-0.4, -0.2) is 82.4 Å². The molecule has 51 heavy (non-hydrogen) atoms. The van der Waals surface area contributed by atoms with Crippen LogP contribution in [0.25, 0.3) is 27.7 Å². The van der Waals surface area contributed by atoms with E-state index in [-0.39, 0.29) is 25.0 Å². The zero-order valence-corrected chi connectivity index (χ0v) is 32.6. The molecule has 1 aromatic carbocycles. The number of alkyl carbamates (subject to hydrolysis) is 1.